The average molecular weight is 408 g/mol. The number of piperidine rings is 1. The van der Waals surface area contributed by atoms with Gasteiger partial charge in [0.1, 0.15) is 0 Å². The van der Waals surface area contributed by atoms with Crippen molar-refractivity contribution in [2.24, 2.45) is 11.8 Å². The monoisotopic (exact) mass is 407 g/mol. The zero-order valence-electron chi connectivity index (χ0n) is 18.5. The molecule has 0 bridgehead atoms. The Labute approximate surface area is 178 Å². The van der Waals surface area contributed by atoms with E-state index in [0.29, 0.717) is 17.9 Å². The summed E-state index contributed by atoms with van der Waals surface area (Å²) in [4.78, 5) is 0. The SMILES string of the molecule is C=C[C@@H](C)[C@@H]1CC[C@H](CO[Si](c2ccccc2)(c2ccccc2)C(C)(C)C)CN1. The Morgan fingerprint density at radius 3 is 2.00 bits per heavy atom. The first-order valence-electron chi connectivity index (χ1n) is 11.0. The minimum absolute atomic E-state index is 0.0394. The number of nitrogens with one attached hydrogen (secondary N) is 1. The predicted octanol–water partition coefficient (Wildman–Crippen LogP) is 4.75. The smallest absolute Gasteiger partial charge is 0.261 e. The molecule has 29 heavy (non-hydrogen) atoms. The van der Waals surface area contributed by atoms with Crippen LogP contribution < -0.4 is 15.7 Å². The lowest BCUT2D eigenvalue weighted by Crippen LogP contribution is -2.67. The second-order valence-corrected chi connectivity index (χ2v) is 13.8. The van der Waals surface area contributed by atoms with E-state index in [9.17, 15) is 0 Å². The van der Waals surface area contributed by atoms with Crippen LogP contribution in [0.15, 0.2) is 73.3 Å². The summed E-state index contributed by atoms with van der Waals surface area (Å²) in [6.07, 6.45) is 4.48. The van der Waals surface area contributed by atoms with Crippen LogP contribution in [0.25, 0.3) is 0 Å². The summed E-state index contributed by atoms with van der Waals surface area (Å²) in [6, 6.07) is 22.4. The standard InChI is InChI=1S/C26H37NOSi/c1-6-21(2)25-18-17-22(19-27-25)20-28-29(26(3,4)5,23-13-9-7-10-14-23)24-15-11-8-12-16-24/h6-16,21-22,25,27H,1,17-20H2,2-5H3/t21-,22+,25+/m1/s1. The third-order valence-corrected chi connectivity index (χ3v) is 11.5. The molecule has 0 spiro atoms. The van der Waals surface area contributed by atoms with Gasteiger partial charge in [-0.3, -0.25) is 0 Å². The van der Waals surface area contributed by atoms with E-state index in [0.717, 1.165) is 13.2 Å². The van der Waals surface area contributed by atoms with Gasteiger partial charge in [0.15, 0.2) is 0 Å². The number of hydrogen-bond donors (Lipinski definition) is 1. The fourth-order valence-electron chi connectivity index (χ4n) is 4.70. The molecule has 1 aliphatic heterocycles. The molecular weight excluding hydrogens is 370 g/mol. The first-order chi connectivity index (χ1) is 13.9. The van der Waals surface area contributed by atoms with Gasteiger partial charge in [-0.1, -0.05) is 94.4 Å². The van der Waals surface area contributed by atoms with E-state index in [1.807, 2.05) is 0 Å². The van der Waals surface area contributed by atoms with Crippen LogP contribution in [0.1, 0.15) is 40.5 Å². The molecule has 0 unspecified atom stereocenters. The second kappa shape index (κ2) is 9.42. The Balaban J connectivity index is 1.86. The highest BCUT2D eigenvalue weighted by atomic mass is 28.4. The van der Waals surface area contributed by atoms with Crippen LogP contribution in [0.5, 0.6) is 0 Å². The summed E-state index contributed by atoms with van der Waals surface area (Å²) in [5.41, 5.74) is 0. The van der Waals surface area contributed by atoms with Gasteiger partial charge < -0.3 is 9.74 Å². The van der Waals surface area contributed by atoms with E-state index >= 15 is 0 Å². The van der Waals surface area contributed by atoms with Crippen LogP contribution in [0.3, 0.4) is 0 Å². The van der Waals surface area contributed by atoms with E-state index in [2.05, 4.69) is 106 Å². The minimum Gasteiger partial charge on any atom is -0.407 e. The highest BCUT2D eigenvalue weighted by Crippen LogP contribution is 2.37. The molecule has 0 amide bonds. The molecule has 1 saturated heterocycles. The van der Waals surface area contributed by atoms with Crippen molar-refractivity contribution in [1.82, 2.24) is 5.32 Å². The van der Waals surface area contributed by atoms with Gasteiger partial charge in [0.05, 0.1) is 0 Å². The van der Waals surface area contributed by atoms with Crippen LogP contribution in [0.4, 0.5) is 0 Å². The van der Waals surface area contributed by atoms with Crippen molar-refractivity contribution in [1.29, 1.82) is 0 Å². The molecule has 2 aromatic rings. The van der Waals surface area contributed by atoms with Gasteiger partial charge in [0, 0.05) is 19.2 Å². The number of hydrogen-bond acceptors (Lipinski definition) is 2. The third-order valence-electron chi connectivity index (χ3n) is 6.51. The Morgan fingerprint density at radius 1 is 1.03 bits per heavy atom. The molecule has 2 aromatic carbocycles. The van der Waals surface area contributed by atoms with Gasteiger partial charge in [-0.2, -0.15) is 0 Å². The molecule has 0 saturated carbocycles. The summed E-state index contributed by atoms with van der Waals surface area (Å²) in [5, 5.41) is 6.50. The van der Waals surface area contributed by atoms with Gasteiger partial charge in [0.2, 0.25) is 0 Å². The van der Waals surface area contributed by atoms with Crippen molar-refractivity contribution < 1.29 is 4.43 Å². The molecular formula is C26H37NOSi. The van der Waals surface area contributed by atoms with Crippen molar-refractivity contribution in [2.75, 3.05) is 13.2 Å². The highest BCUT2D eigenvalue weighted by Gasteiger charge is 2.50. The molecule has 1 N–H and O–H groups in total. The fourth-order valence-corrected chi connectivity index (χ4v) is 9.34. The number of rotatable bonds is 7. The van der Waals surface area contributed by atoms with Crippen molar-refractivity contribution in [2.45, 2.75) is 51.6 Å². The lowest BCUT2D eigenvalue weighted by molar-refractivity contribution is 0.182. The van der Waals surface area contributed by atoms with E-state index < -0.39 is 8.32 Å². The summed E-state index contributed by atoms with van der Waals surface area (Å²) in [7, 11) is -2.42. The topological polar surface area (TPSA) is 21.3 Å². The first-order valence-corrected chi connectivity index (χ1v) is 12.9. The minimum atomic E-state index is -2.42. The number of benzene rings is 2. The molecule has 2 nitrogen and oxygen atoms in total. The third kappa shape index (κ3) is 4.74. The molecule has 3 heteroatoms. The molecule has 0 aliphatic carbocycles. The van der Waals surface area contributed by atoms with E-state index in [-0.39, 0.29) is 5.04 Å². The molecule has 156 valence electrons. The maximum absolute atomic E-state index is 7.11. The van der Waals surface area contributed by atoms with Gasteiger partial charge in [-0.25, -0.2) is 0 Å². The first kappa shape index (κ1) is 22.0. The highest BCUT2D eigenvalue weighted by molar-refractivity contribution is 6.99. The summed E-state index contributed by atoms with van der Waals surface area (Å²) >= 11 is 0. The van der Waals surface area contributed by atoms with Crippen molar-refractivity contribution >= 4 is 18.7 Å². The van der Waals surface area contributed by atoms with Gasteiger partial charge in [-0.05, 0) is 40.1 Å². The molecule has 1 heterocycles. The molecule has 1 fully saturated rings. The molecule has 3 atom stereocenters. The van der Waals surface area contributed by atoms with Crippen LogP contribution in [-0.4, -0.2) is 27.5 Å². The van der Waals surface area contributed by atoms with E-state index in [1.54, 1.807) is 0 Å². The normalized spacial score (nSPS) is 21.5. The zero-order valence-corrected chi connectivity index (χ0v) is 19.5. The summed E-state index contributed by atoms with van der Waals surface area (Å²) < 4.78 is 7.11. The predicted molar refractivity (Wildman–Crippen MR) is 127 cm³/mol. The Morgan fingerprint density at radius 2 is 1.59 bits per heavy atom. The van der Waals surface area contributed by atoms with Crippen LogP contribution in [0.2, 0.25) is 5.04 Å². The van der Waals surface area contributed by atoms with E-state index in [1.165, 1.54) is 23.2 Å². The molecule has 0 radical (unpaired) electrons. The largest absolute Gasteiger partial charge is 0.407 e. The van der Waals surface area contributed by atoms with Gasteiger partial charge >= 0.3 is 0 Å². The van der Waals surface area contributed by atoms with Crippen LogP contribution in [-0.2, 0) is 4.43 Å². The Bertz CT molecular complexity index is 721. The van der Waals surface area contributed by atoms with Gasteiger partial charge in [-0.15, -0.1) is 6.58 Å². The molecule has 1 aliphatic rings. The van der Waals surface area contributed by atoms with E-state index in [4.69, 9.17) is 4.43 Å². The van der Waals surface area contributed by atoms with Crippen molar-refractivity contribution in [3.63, 3.8) is 0 Å². The maximum Gasteiger partial charge on any atom is 0.261 e. The fraction of sp³-hybridized carbons (Fsp3) is 0.462. The second-order valence-electron chi connectivity index (χ2n) is 9.53. The lowest BCUT2D eigenvalue weighted by atomic mass is 9.89. The van der Waals surface area contributed by atoms with Crippen LogP contribution in [0, 0.1) is 11.8 Å². The van der Waals surface area contributed by atoms with Crippen molar-refractivity contribution in [3.8, 4) is 0 Å². The summed E-state index contributed by atoms with van der Waals surface area (Å²) in [6.45, 7) is 15.1. The lowest BCUT2D eigenvalue weighted by Gasteiger charge is -2.44. The average Bonchev–Trinajstić information content (AvgIpc) is 2.74. The quantitative estimate of drug-likeness (QED) is 0.528. The maximum atomic E-state index is 7.11. The zero-order chi connectivity index (χ0) is 20.9. The molecule has 0 aromatic heterocycles. The Kier molecular flexibility index (Phi) is 7.15. The van der Waals surface area contributed by atoms with Gasteiger partial charge in [0.25, 0.3) is 8.32 Å². The Hall–Kier alpha value is -1.68. The molecule has 3 rings (SSSR count). The van der Waals surface area contributed by atoms with Crippen LogP contribution >= 0.6 is 0 Å². The summed E-state index contributed by atoms with van der Waals surface area (Å²) in [5.74, 6) is 1.08. The van der Waals surface area contributed by atoms with Crippen molar-refractivity contribution in [3.05, 3.63) is 73.3 Å².